The number of hydrogen-bond donors (Lipinski definition) is 4. The average molecular weight is 749 g/mol. The number of esters is 4. The molecule has 0 aliphatic heterocycles. The number of nitrogens with one attached hydrogen (secondary N) is 2. The molecule has 0 heterocycles. The lowest BCUT2D eigenvalue weighted by Gasteiger charge is -2.43. The number of carbonyl (C=O) groups is 4. The van der Waals surface area contributed by atoms with Crippen LogP contribution >= 0.6 is 0 Å². The molecular formula is C42H56N2O10. The Labute approximate surface area is 318 Å². The topological polar surface area (TPSA) is 170 Å². The molecule has 2 aromatic rings. The summed E-state index contributed by atoms with van der Waals surface area (Å²) in [5, 5.41) is 30.3. The highest BCUT2D eigenvalue weighted by molar-refractivity contribution is 5.94. The lowest BCUT2D eigenvalue weighted by molar-refractivity contribution is -0.161. The number of rotatable bonds is 17. The number of aliphatic hydroxyl groups is 2. The van der Waals surface area contributed by atoms with Crippen molar-refractivity contribution in [1.29, 1.82) is 0 Å². The van der Waals surface area contributed by atoms with Crippen LogP contribution in [0.15, 0.2) is 83.2 Å². The molecule has 0 aromatic heterocycles. The summed E-state index contributed by atoms with van der Waals surface area (Å²) < 4.78 is 21.8. The van der Waals surface area contributed by atoms with Gasteiger partial charge in [-0.2, -0.15) is 0 Å². The maximum absolute atomic E-state index is 13.6. The predicted octanol–water partition coefficient (Wildman–Crippen LogP) is 4.82. The zero-order chi connectivity index (χ0) is 39.5. The zero-order valence-electron chi connectivity index (χ0n) is 32.3. The van der Waals surface area contributed by atoms with Crippen LogP contribution in [0, 0.1) is 11.8 Å². The van der Waals surface area contributed by atoms with Crippen molar-refractivity contribution in [2.24, 2.45) is 11.8 Å². The fourth-order valence-corrected chi connectivity index (χ4v) is 7.80. The molecule has 0 radical (unpaired) electrons. The van der Waals surface area contributed by atoms with E-state index in [1.165, 1.54) is 0 Å². The highest BCUT2D eigenvalue weighted by Gasteiger charge is 2.53. The van der Waals surface area contributed by atoms with Crippen molar-refractivity contribution in [1.82, 2.24) is 10.6 Å². The SMILES string of the molecule is CCOC(=O)C1=C(NCCCCNC2=C(C(=O)OCC)C(c3ccccc3)C(C(=O)OCC)C(C)(O)C2)CC(C)(O)C(C(=O)OCC)C1c1ccccc1. The molecule has 294 valence electrons. The minimum absolute atomic E-state index is 0.000409. The summed E-state index contributed by atoms with van der Waals surface area (Å²) in [6, 6.07) is 18.2. The standard InChI is InChI=1S/C42H56N2O10/c1-7-51-37(45)33-29(25-41(5,49)35(39(47)53-9-3)31(33)27-19-13-11-14-20-27)43-23-17-18-24-44-30-26-42(6,50)36(40(48)54-10-4)32(28-21-15-12-16-22-28)34(30)38(46)52-8-2/h11-16,19-22,31-32,35-36,43-44,49-50H,7-10,17-18,23-26H2,1-6H3. The van der Waals surface area contributed by atoms with Gasteiger partial charge in [0.05, 0.1) is 60.6 Å². The van der Waals surface area contributed by atoms with Crippen LogP contribution in [0.5, 0.6) is 0 Å². The van der Waals surface area contributed by atoms with Crippen molar-refractivity contribution >= 4 is 23.9 Å². The Hall–Kier alpha value is -4.68. The van der Waals surface area contributed by atoms with Crippen LogP contribution in [0.25, 0.3) is 0 Å². The first-order chi connectivity index (χ1) is 25.8. The first-order valence-corrected chi connectivity index (χ1v) is 19.0. The largest absolute Gasteiger partial charge is 0.466 e. The smallest absolute Gasteiger partial charge is 0.336 e. The van der Waals surface area contributed by atoms with Gasteiger partial charge in [0.15, 0.2) is 0 Å². The molecule has 0 saturated heterocycles. The second-order valence-electron chi connectivity index (χ2n) is 14.1. The van der Waals surface area contributed by atoms with Crippen LogP contribution < -0.4 is 10.6 Å². The Bertz CT molecular complexity index is 1540. The van der Waals surface area contributed by atoms with Crippen LogP contribution in [-0.2, 0) is 38.1 Å². The molecule has 2 aliphatic rings. The molecular weight excluding hydrogens is 692 g/mol. The van der Waals surface area contributed by atoms with Gasteiger partial charge in [0.2, 0.25) is 0 Å². The minimum Gasteiger partial charge on any atom is -0.466 e. The van der Waals surface area contributed by atoms with Crippen LogP contribution in [0.4, 0.5) is 0 Å². The number of unbranched alkanes of at least 4 members (excludes halogenated alkanes) is 1. The molecule has 0 bridgehead atoms. The van der Waals surface area contributed by atoms with Gasteiger partial charge in [-0.1, -0.05) is 60.7 Å². The lowest BCUT2D eigenvalue weighted by Crippen LogP contribution is -2.50. The fourth-order valence-electron chi connectivity index (χ4n) is 7.80. The number of ether oxygens (including phenoxy) is 4. The summed E-state index contributed by atoms with van der Waals surface area (Å²) >= 11 is 0. The van der Waals surface area contributed by atoms with Crippen molar-refractivity contribution in [3.8, 4) is 0 Å². The van der Waals surface area contributed by atoms with Gasteiger partial charge in [0, 0.05) is 49.2 Å². The maximum atomic E-state index is 13.6. The molecule has 0 amide bonds. The van der Waals surface area contributed by atoms with E-state index in [1.54, 1.807) is 41.5 Å². The number of benzene rings is 2. The van der Waals surface area contributed by atoms with Gasteiger partial charge in [0.25, 0.3) is 0 Å². The summed E-state index contributed by atoms with van der Waals surface area (Å²) in [5.74, 6) is -6.07. The third-order valence-electron chi connectivity index (χ3n) is 10.0. The van der Waals surface area contributed by atoms with E-state index in [1.807, 2.05) is 60.7 Å². The first-order valence-electron chi connectivity index (χ1n) is 19.0. The van der Waals surface area contributed by atoms with Crippen molar-refractivity contribution in [3.63, 3.8) is 0 Å². The third-order valence-corrected chi connectivity index (χ3v) is 10.0. The van der Waals surface area contributed by atoms with Crippen LogP contribution in [0.2, 0.25) is 0 Å². The molecule has 0 fully saturated rings. The van der Waals surface area contributed by atoms with Crippen LogP contribution in [0.1, 0.15) is 90.2 Å². The molecule has 4 rings (SSSR count). The maximum Gasteiger partial charge on any atom is 0.336 e. The Kier molecular flexibility index (Phi) is 14.9. The highest BCUT2D eigenvalue weighted by atomic mass is 16.5. The molecule has 12 nitrogen and oxygen atoms in total. The summed E-state index contributed by atoms with van der Waals surface area (Å²) in [6.45, 7) is 11.3. The van der Waals surface area contributed by atoms with Crippen molar-refractivity contribution < 1.29 is 48.3 Å². The molecule has 2 aromatic carbocycles. The average Bonchev–Trinajstić information content (AvgIpc) is 3.12. The van der Waals surface area contributed by atoms with Gasteiger partial charge in [-0.05, 0) is 65.5 Å². The second kappa shape index (κ2) is 19.1. The summed E-state index contributed by atoms with van der Waals surface area (Å²) in [6.07, 6.45) is 1.22. The lowest BCUT2D eigenvalue weighted by atomic mass is 9.66. The minimum atomic E-state index is -1.54. The summed E-state index contributed by atoms with van der Waals surface area (Å²) in [5.41, 5.74) is -0.191. The number of hydrogen-bond acceptors (Lipinski definition) is 12. The van der Waals surface area contributed by atoms with Gasteiger partial charge in [0.1, 0.15) is 0 Å². The quantitative estimate of drug-likeness (QED) is 0.0991. The Morgan fingerprint density at radius 1 is 0.593 bits per heavy atom. The molecule has 0 saturated carbocycles. The van der Waals surface area contributed by atoms with E-state index < -0.39 is 58.8 Å². The van der Waals surface area contributed by atoms with Gasteiger partial charge in [-0.25, -0.2) is 9.59 Å². The van der Waals surface area contributed by atoms with E-state index in [0.29, 0.717) is 48.5 Å². The molecule has 12 heteroatoms. The third kappa shape index (κ3) is 9.70. The molecule has 0 spiro atoms. The van der Waals surface area contributed by atoms with Crippen molar-refractivity contribution in [2.75, 3.05) is 39.5 Å². The van der Waals surface area contributed by atoms with E-state index in [9.17, 15) is 29.4 Å². The normalized spacial score (nSPS) is 25.4. The molecule has 4 N–H and O–H groups in total. The Morgan fingerprint density at radius 2 is 0.926 bits per heavy atom. The number of carbonyl (C=O) groups excluding carboxylic acids is 4. The molecule has 2 aliphatic carbocycles. The Morgan fingerprint density at radius 3 is 1.24 bits per heavy atom. The molecule has 6 atom stereocenters. The van der Waals surface area contributed by atoms with E-state index in [0.717, 1.165) is 0 Å². The van der Waals surface area contributed by atoms with Crippen LogP contribution in [0.3, 0.4) is 0 Å². The first kappa shape index (κ1) is 42.1. The van der Waals surface area contributed by atoms with Crippen molar-refractivity contribution in [2.45, 2.75) is 90.3 Å². The second-order valence-corrected chi connectivity index (χ2v) is 14.1. The van der Waals surface area contributed by atoms with E-state index in [4.69, 9.17) is 18.9 Å². The van der Waals surface area contributed by atoms with Gasteiger partial charge >= 0.3 is 23.9 Å². The van der Waals surface area contributed by atoms with Gasteiger partial charge in [-0.15, -0.1) is 0 Å². The predicted molar refractivity (Wildman–Crippen MR) is 202 cm³/mol. The highest BCUT2D eigenvalue weighted by Crippen LogP contribution is 2.49. The Balaban J connectivity index is 1.59. The molecule has 6 unspecified atom stereocenters. The zero-order valence-corrected chi connectivity index (χ0v) is 32.3. The van der Waals surface area contributed by atoms with Crippen LogP contribution in [-0.4, -0.2) is 84.8 Å². The summed E-state index contributed by atoms with van der Waals surface area (Å²) in [4.78, 5) is 53.9. The van der Waals surface area contributed by atoms with E-state index in [2.05, 4.69) is 10.6 Å². The van der Waals surface area contributed by atoms with Crippen molar-refractivity contribution in [3.05, 3.63) is 94.3 Å². The van der Waals surface area contributed by atoms with E-state index in [-0.39, 0.29) is 50.4 Å². The molecule has 54 heavy (non-hydrogen) atoms. The monoisotopic (exact) mass is 748 g/mol. The van der Waals surface area contributed by atoms with Gasteiger partial charge < -0.3 is 39.8 Å². The fraction of sp³-hybridized carbons (Fsp3) is 0.524. The summed E-state index contributed by atoms with van der Waals surface area (Å²) in [7, 11) is 0. The van der Waals surface area contributed by atoms with Gasteiger partial charge in [-0.3, -0.25) is 9.59 Å². The van der Waals surface area contributed by atoms with E-state index >= 15 is 0 Å².